The van der Waals surface area contributed by atoms with Gasteiger partial charge in [-0.2, -0.15) is 18.3 Å². The van der Waals surface area contributed by atoms with Crippen LogP contribution in [0.4, 0.5) is 13.2 Å². The van der Waals surface area contributed by atoms with Gasteiger partial charge in [0.15, 0.2) is 0 Å². The van der Waals surface area contributed by atoms with Gasteiger partial charge in [0.1, 0.15) is 0 Å². The second-order valence-electron chi connectivity index (χ2n) is 4.94. The predicted molar refractivity (Wildman–Crippen MR) is 75.3 cm³/mol. The first-order valence-corrected chi connectivity index (χ1v) is 6.50. The number of aromatic amines is 1. The van der Waals surface area contributed by atoms with Crippen molar-refractivity contribution in [2.75, 3.05) is 0 Å². The van der Waals surface area contributed by atoms with Crippen molar-refractivity contribution < 1.29 is 13.2 Å². The first-order chi connectivity index (χ1) is 10.5. The van der Waals surface area contributed by atoms with Gasteiger partial charge in [-0.15, -0.1) is 0 Å². The number of imidazole rings is 1. The van der Waals surface area contributed by atoms with Crippen molar-refractivity contribution in [2.45, 2.75) is 6.18 Å². The van der Waals surface area contributed by atoms with Crippen molar-refractivity contribution in [3.05, 3.63) is 54.6 Å². The minimum absolute atomic E-state index is 0.335. The number of hydrogen-bond acceptors (Lipinski definition) is 2. The fourth-order valence-electron chi connectivity index (χ4n) is 2.56. The van der Waals surface area contributed by atoms with Gasteiger partial charge in [-0.1, -0.05) is 6.07 Å². The molecule has 1 N–H and O–H groups in total. The van der Waals surface area contributed by atoms with Gasteiger partial charge in [-0.05, 0) is 24.3 Å². The molecule has 3 heterocycles. The summed E-state index contributed by atoms with van der Waals surface area (Å²) in [6.07, 6.45) is 0.464. The van der Waals surface area contributed by atoms with E-state index in [1.165, 1.54) is 6.20 Å². The Morgan fingerprint density at radius 1 is 1.14 bits per heavy atom. The Morgan fingerprint density at radius 3 is 2.82 bits per heavy atom. The zero-order chi connectivity index (χ0) is 15.3. The minimum atomic E-state index is -4.43. The van der Waals surface area contributed by atoms with Crippen LogP contribution in [0.15, 0.2) is 49.1 Å². The standard InChI is InChI=1S/C15H9F3N4/c16-15(17,18)9-5-10(11-7-20-21-12(11)6-9)14-13-3-1-2-4-22(13)8-19-14/h1-8H,(H,20,21). The Kier molecular flexibility index (Phi) is 2.53. The number of nitrogens with one attached hydrogen (secondary N) is 1. The third-order valence-electron chi connectivity index (χ3n) is 3.59. The normalized spacial score (nSPS) is 12.3. The van der Waals surface area contributed by atoms with Crippen LogP contribution in [0.3, 0.4) is 0 Å². The van der Waals surface area contributed by atoms with Crippen LogP contribution < -0.4 is 0 Å². The van der Waals surface area contributed by atoms with E-state index in [0.717, 1.165) is 17.6 Å². The van der Waals surface area contributed by atoms with Gasteiger partial charge in [0.05, 0.1) is 34.8 Å². The third kappa shape index (κ3) is 1.86. The van der Waals surface area contributed by atoms with Crippen LogP contribution in [0.1, 0.15) is 5.56 Å². The summed E-state index contributed by atoms with van der Waals surface area (Å²) in [5.74, 6) is 0. The van der Waals surface area contributed by atoms with Crippen LogP contribution in [0, 0.1) is 0 Å². The molecule has 0 fully saturated rings. The van der Waals surface area contributed by atoms with E-state index in [-0.39, 0.29) is 0 Å². The number of fused-ring (bicyclic) bond motifs is 2. The third-order valence-corrected chi connectivity index (χ3v) is 3.59. The van der Waals surface area contributed by atoms with Crippen LogP contribution in [0.5, 0.6) is 0 Å². The van der Waals surface area contributed by atoms with Gasteiger partial charge in [0.25, 0.3) is 0 Å². The lowest BCUT2D eigenvalue weighted by Crippen LogP contribution is -2.05. The SMILES string of the molecule is FC(F)(F)c1cc(-c2ncn3ccccc23)c2cn[nH]c2c1. The molecule has 0 atom stereocenters. The number of rotatable bonds is 1. The molecule has 0 saturated heterocycles. The lowest BCUT2D eigenvalue weighted by atomic mass is 10.0. The number of benzene rings is 1. The van der Waals surface area contributed by atoms with Crippen molar-refractivity contribution >= 4 is 16.4 Å². The molecule has 0 unspecified atom stereocenters. The van der Waals surface area contributed by atoms with Gasteiger partial charge in [-0.25, -0.2) is 4.98 Å². The van der Waals surface area contributed by atoms with E-state index in [2.05, 4.69) is 15.2 Å². The van der Waals surface area contributed by atoms with E-state index in [9.17, 15) is 13.2 Å². The summed E-state index contributed by atoms with van der Waals surface area (Å²) in [6, 6.07) is 7.64. The molecule has 110 valence electrons. The number of halogens is 3. The Labute approximate surface area is 122 Å². The molecular weight excluding hydrogens is 293 g/mol. The topological polar surface area (TPSA) is 46.0 Å². The smallest absolute Gasteiger partial charge is 0.306 e. The molecule has 0 bridgehead atoms. The fraction of sp³-hybridized carbons (Fsp3) is 0.0667. The van der Waals surface area contributed by atoms with E-state index >= 15 is 0 Å². The molecule has 3 aromatic heterocycles. The molecular formula is C15H9F3N4. The maximum atomic E-state index is 13.1. The van der Waals surface area contributed by atoms with Crippen molar-refractivity contribution in [1.29, 1.82) is 0 Å². The quantitative estimate of drug-likeness (QED) is 0.579. The van der Waals surface area contributed by atoms with E-state index in [0.29, 0.717) is 22.2 Å². The molecule has 0 aliphatic carbocycles. The second kappa shape index (κ2) is 4.33. The number of aromatic nitrogens is 4. The van der Waals surface area contributed by atoms with Gasteiger partial charge < -0.3 is 4.40 Å². The zero-order valence-corrected chi connectivity index (χ0v) is 11.1. The lowest BCUT2D eigenvalue weighted by Gasteiger charge is -2.09. The number of alkyl halides is 3. The summed E-state index contributed by atoms with van der Waals surface area (Å²) in [7, 11) is 0. The van der Waals surface area contributed by atoms with Gasteiger partial charge in [-0.3, -0.25) is 5.10 Å². The van der Waals surface area contributed by atoms with E-state index in [1.807, 2.05) is 18.2 Å². The highest BCUT2D eigenvalue weighted by Crippen LogP contribution is 2.37. The molecule has 0 amide bonds. The van der Waals surface area contributed by atoms with E-state index in [4.69, 9.17) is 0 Å². The molecule has 0 radical (unpaired) electrons. The van der Waals surface area contributed by atoms with E-state index in [1.54, 1.807) is 16.9 Å². The minimum Gasteiger partial charge on any atom is -0.306 e. The van der Waals surface area contributed by atoms with Crippen LogP contribution in [-0.2, 0) is 6.18 Å². The van der Waals surface area contributed by atoms with Crippen LogP contribution in [-0.4, -0.2) is 19.6 Å². The maximum absolute atomic E-state index is 13.1. The maximum Gasteiger partial charge on any atom is 0.416 e. The van der Waals surface area contributed by atoms with Gasteiger partial charge >= 0.3 is 6.18 Å². The summed E-state index contributed by atoms with van der Waals surface area (Å²) in [5.41, 5.74) is 1.26. The van der Waals surface area contributed by atoms with Crippen molar-refractivity contribution in [3.63, 3.8) is 0 Å². The van der Waals surface area contributed by atoms with Crippen LogP contribution in [0.2, 0.25) is 0 Å². The monoisotopic (exact) mass is 302 g/mol. The highest BCUT2D eigenvalue weighted by atomic mass is 19.4. The van der Waals surface area contributed by atoms with Gasteiger partial charge in [0.2, 0.25) is 0 Å². The summed E-state index contributed by atoms with van der Waals surface area (Å²) in [5, 5.41) is 7.05. The first kappa shape index (κ1) is 12.9. The number of H-pyrrole nitrogens is 1. The molecule has 4 rings (SSSR count). The average Bonchev–Trinajstić information content (AvgIpc) is 3.12. The van der Waals surface area contributed by atoms with Crippen LogP contribution in [0.25, 0.3) is 27.7 Å². The molecule has 1 aromatic carbocycles. The first-order valence-electron chi connectivity index (χ1n) is 6.50. The van der Waals surface area contributed by atoms with Gasteiger partial charge in [0, 0.05) is 17.1 Å². The zero-order valence-electron chi connectivity index (χ0n) is 11.1. The number of pyridine rings is 1. The molecule has 4 nitrogen and oxygen atoms in total. The number of nitrogens with zero attached hydrogens (tertiary/aromatic N) is 3. The lowest BCUT2D eigenvalue weighted by molar-refractivity contribution is -0.137. The second-order valence-corrected chi connectivity index (χ2v) is 4.94. The highest BCUT2D eigenvalue weighted by Gasteiger charge is 2.32. The van der Waals surface area contributed by atoms with Crippen LogP contribution >= 0.6 is 0 Å². The van der Waals surface area contributed by atoms with Crippen molar-refractivity contribution in [2.24, 2.45) is 0 Å². The molecule has 0 aliphatic rings. The van der Waals surface area contributed by atoms with Crippen molar-refractivity contribution in [3.8, 4) is 11.3 Å². The predicted octanol–water partition coefficient (Wildman–Crippen LogP) is 3.90. The molecule has 22 heavy (non-hydrogen) atoms. The summed E-state index contributed by atoms with van der Waals surface area (Å²) >= 11 is 0. The van der Waals surface area contributed by atoms with Crippen molar-refractivity contribution in [1.82, 2.24) is 19.6 Å². The summed E-state index contributed by atoms with van der Waals surface area (Å²) in [6.45, 7) is 0. The Bertz CT molecular complexity index is 981. The summed E-state index contributed by atoms with van der Waals surface area (Å²) < 4.78 is 41.1. The van der Waals surface area contributed by atoms with E-state index < -0.39 is 11.7 Å². The Balaban J connectivity index is 2.07. The molecule has 0 saturated carbocycles. The highest BCUT2D eigenvalue weighted by molar-refractivity contribution is 5.97. The summed E-state index contributed by atoms with van der Waals surface area (Å²) in [4.78, 5) is 4.27. The molecule has 0 aliphatic heterocycles. The number of hydrogen-bond donors (Lipinski definition) is 1. The Morgan fingerprint density at radius 2 is 2.00 bits per heavy atom. The molecule has 7 heteroatoms. The fourth-order valence-corrected chi connectivity index (χ4v) is 2.56. The molecule has 0 spiro atoms. The Hall–Kier alpha value is -2.83. The molecule has 4 aromatic rings. The largest absolute Gasteiger partial charge is 0.416 e. The average molecular weight is 302 g/mol.